The summed E-state index contributed by atoms with van der Waals surface area (Å²) in [4.78, 5) is 21.2. The van der Waals surface area contributed by atoms with Crippen LogP contribution in [0.5, 0.6) is 0 Å². The fraction of sp³-hybridized carbons (Fsp3) is 0.545. The molecule has 0 bridgehead atoms. The lowest BCUT2D eigenvalue weighted by Crippen LogP contribution is -2.29. The molecule has 92 valence electrons. The molecule has 2 rings (SSSR count). The van der Waals surface area contributed by atoms with E-state index in [1.54, 1.807) is 19.4 Å². The lowest BCUT2D eigenvalue weighted by molar-refractivity contribution is -0.138. The van der Waals surface area contributed by atoms with Crippen LogP contribution in [0.25, 0.3) is 0 Å². The topological polar surface area (TPSA) is 78.4 Å². The van der Waals surface area contributed by atoms with Crippen molar-refractivity contribution in [3.05, 3.63) is 18.1 Å². The molecule has 1 aromatic heterocycles. The van der Waals surface area contributed by atoms with E-state index < -0.39 is 5.97 Å². The predicted molar refractivity (Wildman–Crippen MR) is 62.8 cm³/mol. The Morgan fingerprint density at radius 3 is 3.18 bits per heavy atom. The second kappa shape index (κ2) is 5.09. The molecule has 0 saturated carbocycles. The molecule has 0 amide bonds. The molecule has 0 unspecified atom stereocenters. The van der Waals surface area contributed by atoms with E-state index in [9.17, 15) is 4.79 Å². The molecule has 1 aliphatic heterocycles. The Balaban J connectivity index is 2.16. The maximum Gasteiger partial charge on any atom is 0.317 e. The molecule has 0 aliphatic carbocycles. The first-order valence-corrected chi connectivity index (χ1v) is 5.66. The Morgan fingerprint density at radius 1 is 1.65 bits per heavy atom. The Morgan fingerprint density at radius 2 is 2.47 bits per heavy atom. The Bertz CT molecular complexity index is 410. The molecular weight excluding hydrogens is 220 g/mol. The van der Waals surface area contributed by atoms with Gasteiger partial charge in [0.15, 0.2) is 0 Å². The maximum absolute atomic E-state index is 10.8. The normalized spacial score (nSPS) is 20.4. The number of hydrogen-bond donors (Lipinski definition) is 2. The third-order valence-corrected chi connectivity index (χ3v) is 2.95. The summed E-state index contributed by atoms with van der Waals surface area (Å²) in [5, 5.41) is 11.8. The van der Waals surface area contributed by atoms with Crippen LogP contribution >= 0.6 is 0 Å². The molecule has 2 N–H and O–H groups in total. The third kappa shape index (κ3) is 2.71. The van der Waals surface area contributed by atoms with Gasteiger partial charge in [0.1, 0.15) is 5.82 Å². The molecule has 0 spiro atoms. The van der Waals surface area contributed by atoms with E-state index in [1.165, 1.54) is 0 Å². The molecule has 1 atom stereocenters. The summed E-state index contributed by atoms with van der Waals surface area (Å²) in [6, 6.07) is 0.0758. The largest absolute Gasteiger partial charge is 0.480 e. The summed E-state index contributed by atoms with van der Waals surface area (Å²) in [6.45, 7) is 0.874. The van der Waals surface area contributed by atoms with Crippen molar-refractivity contribution in [1.82, 2.24) is 14.9 Å². The van der Waals surface area contributed by atoms with Gasteiger partial charge in [-0.2, -0.15) is 0 Å². The van der Waals surface area contributed by atoms with Gasteiger partial charge in [-0.05, 0) is 19.4 Å². The first-order chi connectivity index (χ1) is 8.20. The average Bonchev–Trinajstić information content (AvgIpc) is 2.76. The van der Waals surface area contributed by atoms with E-state index in [1.807, 2.05) is 4.90 Å². The van der Waals surface area contributed by atoms with Crippen LogP contribution < -0.4 is 5.32 Å². The molecular formula is C11H16N4O2. The summed E-state index contributed by atoms with van der Waals surface area (Å²) in [5.74, 6) is -0.0840. The number of anilines is 1. The summed E-state index contributed by atoms with van der Waals surface area (Å²) in [7, 11) is 1.79. The van der Waals surface area contributed by atoms with Gasteiger partial charge in [-0.1, -0.05) is 0 Å². The number of aliphatic carboxylic acids is 1. The van der Waals surface area contributed by atoms with Crippen molar-refractivity contribution in [2.75, 3.05) is 25.5 Å². The minimum absolute atomic E-state index is 0.0656. The van der Waals surface area contributed by atoms with E-state index in [0.29, 0.717) is 5.82 Å². The van der Waals surface area contributed by atoms with Crippen LogP contribution in [0.3, 0.4) is 0 Å². The van der Waals surface area contributed by atoms with Crippen LogP contribution in [0.15, 0.2) is 12.4 Å². The first-order valence-electron chi connectivity index (χ1n) is 5.66. The van der Waals surface area contributed by atoms with Gasteiger partial charge in [0.25, 0.3) is 0 Å². The Kier molecular flexibility index (Phi) is 3.53. The highest BCUT2D eigenvalue weighted by Gasteiger charge is 2.28. The van der Waals surface area contributed by atoms with Crippen LogP contribution in [0, 0.1) is 0 Å². The molecule has 1 saturated heterocycles. The number of aromatic nitrogens is 2. The van der Waals surface area contributed by atoms with Crippen LogP contribution in [0.4, 0.5) is 5.82 Å². The fourth-order valence-corrected chi connectivity index (χ4v) is 2.19. The summed E-state index contributed by atoms with van der Waals surface area (Å²) in [5.41, 5.74) is 0.843. The van der Waals surface area contributed by atoms with Crippen molar-refractivity contribution in [2.45, 2.75) is 18.9 Å². The van der Waals surface area contributed by atoms with Crippen molar-refractivity contribution < 1.29 is 9.90 Å². The maximum atomic E-state index is 10.8. The molecule has 6 nitrogen and oxygen atoms in total. The van der Waals surface area contributed by atoms with Crippen LogP contribution in [0.1, 0.15) is 24.6 Å². The predicted octanol–water partition coefficient (Wildman–Crippen LogP) is 0.740. The molecule has 2 heterocycles. The number of nitrogens with zero attached hydrogens (tertiary/aromatic N) is 3. The van der Waals surface area contributed by atoms with E-state index in [4.69, 9.17) is 5.11 Å². The zero-order valence-electron chi connectivity index (χ0n) is 9.76. The molecule has 0 radical (unpaired) electrons. The zero-order valence-corrected chi connectivity index (χ0v) is 9.76. The molecule has 0 aromatic carbocycles. The van der Waals surface area contributed by atoms with Crippen molar-refractivity contribution in [3.8, 4) is 0 Å². The highest BCUT2D eigenvalue weighted by atomic mass is 16.4. The van der Waals surface area contributed by atoms with Gasteiger partial charge in [-0.25, -0.2) is 4.98 Å². The summed E-state index contributed by atoms with van der Waals surface area (Å²) >= 11 is 0. The van der Waals surface area contributed by atoms with E-state index >= 15 is 0 Å². The fourth-order valence-electron chi connectivity index (χ4n) is 2.19. The van der Waals surface area contributed by atoms with Crippen LogP contribution in [0.2, 0.25) is 0 Å². The minimum atomic E-state index is -0.797. The highest BCUT2D eigenvalue weighted by molar-refractivity contribution is 5.69. The first kappa shape index (κ1) is 11.8. The summed E-state index contributed by atoms with van der Waals surface area (Å²) < 4.78 is 0. The van der Waals surface area contributed by atoms with Crippen molar-refractivity contribution >= 4 is 11.8 Å². The standard InChI is InChI=1S/C11H16N4O2/c1-12-10-6-13-5-8(14-10)9-3-2-4-15(9)7-11(16)17/h5-6,9H,2-4,7H2,1H3,(H,12,14)(H,16,17)/t9-/m1/s1. The minimum Gasteiger partial charge on any atom is -0.480 e. The van der Waals surface area contributed by atoms with Gasteiger partial charge in [0.05, 0.1) is 30.7 Å². The van der Waals surface area contributed by atoms with Gasteiger partial charge < -0.3 is 10.4 Å². The van der Waals surface area contributed by atoms with Crippen LogP contribution in [-0.2, 0) is 4.79 Å². The molecule has 1 aromatic rings. The number of rotatable bonds is 4. The van der Waals surface area contributed by atoms with Gasteiger partial charge in [-0.15, -0.1) is 0 Å². The van der Waals surface area contributed by atoms with Crippen molar-refractivity contribution in [3.63, 3.8) is 0 Å². The number of carboxylic acid groups (broad SMARTS) is 1. The molecule has 1 aliphatic rings. The van der Waals surface area contributed by atoms with Gasteiger partial charge >= 0.3 is 5.97 Å². The average molecular weight is 236 g/mol. The van der Waals surface area contributed by atoms with E-state index in [-0.39, 0.29) is 12.6 Å². The second-order valence-electron chi connectivity index (χ2n) is 4.10. The molecule has 6 heteroatoms. The van der Waals surface area contributed by atoms with Crippen molar-refractivity contribution in [2.24, 2.45) is 0 Å². The number of likely N-dealkylation sites (tertiary alicyclic amines) is 1. The smallest absolute Gasteiger partial charge is 0.317 e. The quantitative estimate of drug-likeness (QED) is 0.802. The third-order valence-electron chi connectivity index (χ3n) is 2.95. The van der Waals surface area contributed by atoms with Crippen molar-refractivity contribution in [1.29, 1.82) is 0 Å². The molecule has 1 fully saturated rings. The Labute approximate surface area is 99.7 Å². The number of carboxylic acids is 1. The lowest BCUT2D eigenvalue weighted by Gasteiger charge is -2.21. The summed E-state index contributed by atoms with van der Waals surface area (Å²) in [6.07, 6.45) is 5.31. The van der Waals surface area contributed by atoms with E-state index in [0.717, 1.165) is 25.1 Å². The molecule has 17 heavy (non-hydrogen) atoms. The second-order valence-corrected chi connectivity index (χ2v) is 4.10. The van der Waals surface area contributed by atoms with Crippen LogP contribution in [-0.4, -0.2) is 46.1 Å². The number of carbonyl (C=O) groups is 1. The van der Waals surface area contributed by atoms with E-state index in [2.05, 4.69) is 15.3 Å². The van der Waals surface area contributed by atoms with Gasteiger partial charge in [-0.3, -0.25) is 14.7 Å². The highest BCUT2D eigenvalue weighted by Crippen LogP contribution is 2.30. The monoisotopic (exact) mass is 236 g/mol. The number of nitrogens with one attached hydrogen (secondary N) is 1. The lowest BCUT2D eigenvalue weighted by atomic mass is 10.1. The van der Waals surface area contributed by atoms with Gasteiger partial charge in [0.2, 0.25) is 0 Å². The van der Waals surface area contributed by atoms with Gasteiger partial charge in [0, 0.05) is 7.05 Å². The SMILES string of the molecule is CNc1cncc([C@H]2CCCN2CC(=O)O)n1. The number of hydrogen-bond acceptors (Lipinski definition) is 5. The Hall–Kier alpha value is -1.69. The zero-order chi connectivity index (χ0) is 12.3.